The van der Waals surface area contributed by atoms with E-state index in [0.29, 0.717) is 12.2 Å². The van der Waals surface area contributed by atoms with Gasteiger partial charge in [-0.2, -0.15) is 0 Å². The average molecular weight is 268 g/mol. The first-order valence-corrected chi connectivity index (χ1v) is 6.54. The van der Waals surface area contributed by atoms with Gasteiger partial charge in [0.15, 0.2) is 0 Å². The predicted molar refractivity (Wildman–Crippen MR) is 77.7 cm³/mol. The van der Waals surface area contributed by atoms with Crippen LogP contribution >= 0.6 is 0 Å². The van der Waals surface area contributed by atoms with Crippen LogP contribution in [0, 0.1) is 13.8 Å². The van der Waals surface area contributed by atoms with E-state index < -0.39 is 0 Å². The molecule has 0 spiro atoms. The van der Waals surface area contributed by atoms with Gasteiger partial charge >= 0.3 is 0 Å². The summed E-state index contributed by atoms with van der Waals surface area (Å²) in [4.78, 5) is 15.4. The number of furan rings is 1. The third-order valence-corrected chi connectivity index (χ3v) is 3.44. The molecule has 0 saturated carbocycles. The standard InChI is InChI=1S/C16H16N2O2/c1-10-5-6-14-13(8-10)11(2)15(18-14)16(19)17-9-12-4-3-7-20-12/h3-8,18H,9H2,1-2H3,(H,17,19). The Balaban J connectivity index is 1.86. The number of fused-ring (bicyclic) bond motifs is 1. The lowest BCUT2D eigenvalue weighted by Gasteiger charge is -2.02. The van der Waals surface area contributed by atoms with Gasteiger partial charge in [-0.15, -0.1) is 0 Å². The third kappa shape index (κ3) is 2.20. The number of hydrogen-bond acceptors (Lipinski definition) is 2. The van der Waals surface area contributed by atoms with Gasteiger partial charge in [-0.1, -0.05) is 11.6 Å². The Kier molecular flexibility index (Phi) is 3.06. The molecule has 0 atom stereocenters. The molecule has 0 radical (unpaired) electrons. The van der Waals surface area contributed by atoms with E-state index in [2.05, 4.69) is 16.4 Å². The summed E-state index contributed by atoms with van der Waals surface area (Å²) in [5.41, 5.74) is 3.75. The van der Waals surface area contributed by atoms with E-state index in [9.17, 15) is 4.79 Å². The minimum Gasteiger partial charge on any atom is -0.467 e. The molecule has 20 heavy (non-hydrogen) atoms. The Bertz CT molecular complexity index is 754. The van der Waals surface area contributed by atoms with Crippen molar-refractivity contribution in [3.05, 3.63) is 59.2 Å². The highest BCUT2D eigenvalue weighted by molar-refractivity contribution is 6.00. The molecule has 0 aliphatic rings. The smallest absolute Gasteiger partial charge is 0.268 e. The first-order chi connectivity index (χ1) is 9.65. The van der Waals surface area contributed by atoms with Crippen LogP contribution in [0.2, 0.25) is 0 Å². The molecule has 2 N–H and O–H groups in total. The van der Waals surface area contributed by atoms with Gasteiger partial charge in [0, 0.05) is 10.9 Å². The van der Waals surface area contributed by atoms with Crippen LogP contribution in [-0.4, -0.2) is 10.9 Å². The molecule has 0 bridgehead atoms. The van der Waals surface area contributed by atoms with Crippen LogP contribution in [0.5, 0.6) is 0 Å². The Morgan fingerprint density at radius 2 is 2.15 bits per heavy atom. The first-order valence-electron chi connectivity index (χ1n) is 6.54. The third-order valence-electron chi connectivity index (χ3n) is 3.44. The van der Waals surface area contributed by atoms with Crippen LogP contribution in [-0.2, 0) is 6.54 Å². The number of nitrogens with one attached hydrogen (secondary N) is 2. The Morgan fingerprint density at radius 3 is 2.90 bits per heavy atom. The fourth-order valence-corrected chi connectivity index (χ4v) is 2.34. The fraction of sp³-hybridized carbons (Fsp3) is 0.188. The average Bonchev–Trinajstić information content (AvgIpc) is 3.05. The monoisotopic (exact) mass is 268 g/mol. The van der Waals surface area contributed by atoms with E-state index in [1.807, 2.05) is 32.0 Å². The van der Waals surface area contributed by atoms with Gasteiger partial charge in [-0.05, 0) is 43.7 Å². The number of aromatic amines is 1. The molecule has 4 heteroatoms. The van der Waals surface area contributed by atoms with Crippen molar-refractivity contribution in [2.75, 3.05) is 0 Å². The van der Waals surface area contributed by atoms with E-state index >= 15 is 0 Å². The first kappa shape index (κ1) is 12.5. The van der Waals surface area contributed by atoms with Crippen molar-refractivity contribution in [2.45, 2.75) is 20.4 Å². The molecule has 0 unspecified atom stereocenters. The van der Waals surface area contributed by atoms with Crippen LogP contribution in [0.25, 0.3) is 10.9 Å². The summed E-state index contributed by atoms with van der Waals surface area (Å²) < 4.78 is 5.20. The summed E-state index contributed by atoms with van der Waals surface area (Å²) >= 11 is 0. The molecule has 102 valence electrons. The number of aromatic nitrogens is 1. The van der Waals surface area contributed by atoms with Crippen molar-refractivity contribution in [2.24, 2.45) is 0 Å². The molecule has 4 nitrogen and oxygen atoms in total. The highest BCUT2D eigenvalue weighted by Crippen LogP contribution is 2.22. The summed E-state index contributed by atoms with van der Waals surface area (Å²) in [6, 6.07) is 9.76. The van der Waals surface area contributed by atoms with Gasteiger partial charge < -0.3 is 14.7 Å². The largest absolute Gasteiger partial charge is 0.467 e. The lowest BCUT2D eigenvalue weighted by Crippen LogP contribution is -2.23. The maximum atomic E-state index is 12.2. The summed E-state index contributed by atoms with van der Waals surface area (Å²) in [6.07, 6.45) is 1.60. The van der Waals surface area contributed by atoms with E-state index in [1.165, 1.54) is 5.56 Å². The molecule has 0 aliphatic heterocycles. The number of carbonyl (C=O) groups excluding carboxylic acids is 1. The second-order valence-electron chi connectivity index (χ2n) is 4.94. The van der Waals surface area contributed by atoms with Crippen molar-refractivity contribution < 1.29 is 9.21 Å². The van der Waals surface area contributed by atoms with Gasteiger partial charge in [0.1, 0.15) is 11.5 Å². The number of rotatable bonds is 3. The zero-order valence-electron chi connectivity index (χ0n) is 11.5. The summed E-state index contributed by atoms with van der Waals surface area (Å²) in [7, 11) is 0. The molecule has 0 saturated heterocycles. The minimum absolute atomic E-state index is 0.118. The van der Waals surface area contributed by atoms with Crippen LogP contribution in [0.1, 0.15) is 27.4 Å². The molecule has 0 fully saturated rings. The van der Waals surface area contributed by atoms with Crippen LogP contribution in [0.4, 0.5) is 0 Å². The predicted octanol–water partition coefficient (Wildman–Crippen LogP) is 3.31. The van der Waals surface area contributed by atoms with Gasteiger partial charge in [0.05, 0.1) is 12.8 Å². The minimum atomic E-state index is -0.118. The highest BCUT2D eigenvalue weighted by Gasteiger charge is 2.14. The molecule has 2 heterocycles. The molecule has 2 aromatic heterocycles. The molecule has 1 amide bonds. The molecule has 3 rings (SSSR count). The maximum absolute atomic E-state index is 12.2. The van der Waals surface area contributed by atoms with Gasteiger partial charge in [0.2, 0.25) is 0 Å². The molecule has 0 aliphatic carbocycles. The van der Waals surface area contributed by atoms with E-state index in [0.717, 1.165) is 22.2 Å². The van der Waals surface area contributed by atoms with Crippen molar-refractivity contribution in [3.8, 4) is 0 Å². The lowest BCUT2D eigenvalue weighted by molar-refractivity contribution is 0.0943. The zero-order valence-corrected chi connectivity index (χ0v) is 11.5. The number of benzene rings is 1. The van der Waals surface area contributed by atoms with Crippen molar-refractivity contribution >= 4 is 16.8 Å². The second-order valence-corrected chi connectivity index (χ2v) is 4.94. The molecule has 1 aromatic carbocycles. The van der Waals surface area contributed by atoms with E-state index in [-0.39, 0.29) is 5.91 Å². The van der Waals surface area contributed by atoms with Crippen LogP contribution in [0.3, 0.4) is 0 Å². The number of carbonyl (C=O) groups is 1. The topological polar surface area (TPSA) is 58.0 Å². The SMILES string of the molecule is Cc1ccc2[nH]c(C(=O)NCc3ccco3)c(C)c2c1. The van der Waals surface area contributed by atoms with Crippen molar-refractivity contribution in [1.82, 2.24) is 10.3 Å². The summed E-state index contributed by atoms with van der Waals surface area (Å²) in [5, 5.41) is 3.94. The van der Waals surface area contributed by atoms with Crippen LogP contribution < -0.4 is 5.32 Å². The second kappa shape index (κ2) is 4.89. The summed E-state index contributed by atoms with van der Waals surface area (Å²) in [6.45, 7) is 4.39. The summed E-state index contributed by atoms with van der Waals surface area (Å²) in [5.74, 6) is 0.621. The quantitative estimate of drug-likeness (QED) is 0.765. The van der Waals surface area contributed by atoms with Gasteiger partial charge in [-0.25, -0.2) is 0 Å². The van der Waals surface area contributed by atoms with Gasteiger partial charge in [0.25, 0.3) is 5.91 Å². The van der Waals surface area contributed by atoms with Crippen molar-refractivity contribution in [1.29, 1.82) is 0 Å². The number of H-pyrrole nitrogens is 1. The van der Waals surface area contributed by atoms with E-state index in [1.54, 1.807) is 12.3 Å². The van der Waals surface area contributed by atoms with Gasteiger partial charge in [-0.3, -0.25) is 4.79 Å². The Hall–Kier alpha value is -2.49. The van der Waals surface area contributed by atoms with Crippen LogP contribution in [0.15, 0.2) is 41.0 Å². The Labute approximate surface area is 116 Å². The molecule has 3 aromatic rings. The van der Waals surface area contributed by atoms with Crippen molar-refractivity contribution in [3.63, 3.8) is 0 Å². The number of aryl methyl sites for hydroxylation is 2. The fourth-order valence-electron chi connectivity index (χ4n) is 2.34. The lowest BCUT2D eigenvalue weighted by atomic mass is 10.1. The van der Waals surface area contributed by atoms with E-state index in [4.69, 9.17) is 4.42 Å². The number of amides is 1. The molecular weight excluding hydrogens is 252 g/mol. The molecular formula is C16H16N2O2. The normalized spacial score (nSPS) is 10.9. The zero-order chi connectivity index (χ0) is 14.1. The maximum Gasteiger partial charge on any atom is 0.268 e. The highest BCUT2D eigenvalue weighted by atomic mass is 16.3. The Morgan fingerprint density at radius 1 is 1.30 bits per heavy atom. The number of hydrogen-bond donors (Lipinski definition) is 2.